The van der Waals surface area contributed by atoms with Crippen LogP contribution in [0.25, 0.3) is 11.0 Å². The zero-order chi connectivity index (χ0) is 20.5. The lowest BCUT2D eigenvalue weighted by atomic mass is 10.2. The summed E-state index contributed by atoms with van der Waals surface area (Å²) in [5, 5.41) is 6.07. The van der Waals surface area contributed by atoms with Gasteiger partial charge in [-0.25, -0.2) is 19.3 Å². The molecule has 0 aliphatic carbocycles. The van der Waals surface area contributed by atoms with Gasteiger partial charge >= 0.3 is 0 Å². The molecule has 4 rings (SSSR count). The number of aryl methyl sites for hydroxylation is 1. The summed E-state index contributed by atoms with van der Waals surface area (Å²) in [6.07, 6.45) is 3.73. The van der Waals surface area contributed by atoms with Gasteiger partial charge in [-0.05, 0) is 26.3 Å². The molecule has 0 aromatic carbocycles. The number of hydrogen-bond acceptors (Lipinski definition) is 7. The predicted octanol–water partition coefficient (Wildman–Crippen LogP) is 2.23. The van der Waals surface area contributed by atoms with Crippen LogP contribution in [0.1, 0.15) is 28.3 Å². The Balaban J connectivity index is 1.56. The average molecular weight is 395 g/mol. The van der Waals surface area contributed by atoms with Crippen LogP contribution in [0.3, 0.4) is 0 Å². The van der Waals surface area contributed by atoms with Crippen molar-refractivity contribution in [3.05, 3.63) is 47.4 Å². The molecular formula is C20H22FN7O. The van der Waals surface area contributed by atoms with Gasteiger partial charge in [0.25, 0.3) is 5.91 Å². The van der Waals surface area contributed by atoms with E-state index in [9.17, 15) is 9.18 Å². The molecule has 150 valence electrons. The van der Waals surface area contributed by atoms with E-state index in [2.05, 4.69) is 35.5 Å². The van der Waals surface area contributed by atoms with Crippen molar-refractivity contribution in [2.24, 2.45) is 0 Å². The van der Waals surface area contributed by atoms with Crippen molar-refractivity contribution in [1.82, 2.24) is 25.3 Å². The summed E-state index contributed by atoms with van der Waals surface area (Å²) in [5.74, 6) is 0.244. The first kappa shape index (κ1) is 19.0. The largest absolute Gasteiger partial charge is 0.379 e. The quantitative estimate of drug-likeness (QED) is 0.699. The van der Waals surface area contributed by atoms with Crippen molar-refractivity contribution in [3.63, 3.8) is 0 Å². The zero-order valence-corrected chi connectivity index (χ0v) is 16.5. The Hall–Kier alpha value is -3.36. The summed E-state index contributed by atoms with van der Waals surface area (Å²) in [7, 11) is 1.56. The highest BCUT2D eigenvalue weighted by atomic mass is 19.1. The van der Waals surface area contributed by atoms with Crippen molar-refractivity contribution in [2.75, 3.05) is 30.4 Å². The normalized spacial score (nSPS) is 16.3. The van der Waals surface area contributed by atoms with Crippen LogP contribution in [0.5, 0.6) is 0 Å². The van der Waals surface area contributed by atoms with Crippen molar-refractivity contribution in [3.8, 4) is 0 Å². The number of anilines is 2. The maximum absolute atomic E-state index is 13.4. The third kappa shape index (κ3) is 3.67. The van der Waals surface area contributed by atoms with Gasteiger partial charge in [0, 0.05) is 49.7 Å². The van der Waals surface area contributed by atoms with Crippen LogP contribution in [-0.4, -0.2) is 52.0 Å². The molecule has 9 heteroatoms. The molecule has 0 bridgehead atoms. The molecule has 1 atom stereocenters. The number of aromatic nitrogens is 4. The minimum atomic E-state index is -0.407. The lowest BCUT2D eigenvalue weighted by Crippen LogP contribution is -2.29. The summed E-state index contributed by atoms with van der Waals surface area (Å²) in [5.41, 5.74) is 3.73. The fourth-order valence-electron chi connectivity index (χ4n) is 3.55. The molecule has 1 saturated heterocycles. The number of nitrogens with zero attached hydrogens (tertiary/aromatic N) is 5. The van der Waals surface area contributed by atoms with Crippen LogP contribution in [0.2, 0.25) is 0 Å². The number of carbonyl (C=O) groups excluding carboxylic acids is 1. The highest BCUT2D eigenvalue weighted by Crippen LogP contribution is 2.27. The summed E-state index contributed by atoms with van der Waals surface area (Å²) >= 11 is 0. The van der Waals surface area contributed by atoms with Gasteiger partial charge < -0.3 is 15.5 Å². The maximum atomic E-state index is 13.4. The Morgan fingerprint density at radius 3 is 2.90 bits per heavy atom. The fourth-order valence-corrected chi connectivity index (χ4v) is 3.55. The van der Waals surface area contributed by atoms with Crippen LogP contribution in [0.4, 0.5) is 15.9 Å². The molecule has 0 radical (unpaired) electrons. The molecule has 29 heavy (non-hydrogen) atoms. The monoisotopic (exact) mass is 395 g/mol. The Morgan fingerprint density at radius 2 is 2.10 bits per heavy atom. The first-order chi connectivity index (χ1) is 14.0. The highest BCUT2D eigenvalue weighted by Gasteiger charge is 2.27. The van der Waals surface area contributed by atoms with Crippen LogP contribution in [-0.2, 0) is 0 Å². The molecule has 0 spiro atoms. The number of amides is 1. The Labute approximate surface area is 167 Å². The molecule has 8 nitrogen and oxygen atoms in total. The number of pyridine rings is 2. The molecule has 1 aliphatic heterocycles. The van der Waals surface area contributed by atoms with Gasteiger partial charge in [-0.3, -0.25) is 9.78 Å². The Morgan fingerprint density at radius 1 is 1.28 bits per heavy atom. The zero-order valence-electron chi connectivity index (χ0n) is 16.5. The molecule has 1 aliphatic rings. The third-order valence-electron chi connectivity index (χ3n) is 5.19. The Bertz CT molecular complexity index is 1090. The molecule has 2 N–H and O–H groups in total. The van der Waals surface area contributed by atoms with Gasteiger partial charge in [-0.1, -0.05) is 0 Å². The summed E-state index contributed by atoms with van der Waals surface area (Å²) in [6.45, 7) is 5.36. The molecule has 4 heterocycles. The number of carbonyl (C=O) groups is 1. The number of rotatable bonds is 4. The second kappa shape index (κ2) is 7.57. The standard InChI is InChI=1S/C20H22FN7O/c1-11-12(2)25-18(20(29)22-3)27-19(11)28-7-5-14(10-28)26-15-4-6-23-16-8-13(21)9-24-17(15)16/h4,6,8-9,14H,5,7,10H2,1-3H3,(H,22,29)(H,23,26)/t14-/m1/s1. The topological polar surface area (TPSA) is 95.9 Å². The molecule has 1 amide bonds. The number of hydrogen-bond donors (Lipinski definition) is 2. The second-order valence-corrected chi connectivity index (χ2v) is 7.12. The lowest BCUT2D eigenvalue weighted by molar-refractivity contribution is 0.0952. The molecule has 1 fully saturated rings. The van der Waals surface area contributed by atoms with E-state index in [-0.39, 0.29) is 17.8 Å². The van der Waals surface area contributed by atoms with Gasteiger partial charge in [0.05, 0.1) is 17.4 Å². The van der Waals surface area contributed by atoms with Gasteiger partial charge in [0.2, 0.25) is 5.82 Å². The average Bonchev–Trinajstić information content (AvgIpc) is 3.17. The van der Waals surface area contributed by atoms with E-state index in [1.807, 2.05) is 19.9 Å². The lowest BCUT2D eigenvalue weighted by Gasteiger charge is -2.21. The van der Waals surface area contributed by atoms with Crippen molar-refractivity contribution < 1.29 is 9.18 Å². The first-order valence-corrected chi connectivity index (χ1v) is 9.45. The van der Waals surface area contributed by atoms with Gasteiger partial charge in [-0.2, -0.15) is 0 Å². The summed E-state index contributed by atoms with van der Waals surface area (Å²) in [4.78, 5) is 31.3. The van der Waals surface area contributed by atoms with Crippen molar-refractivity contribution in [1.29, 1.82) is 0 Å². The SMILES string of the molecule is CNC(=O)c1nc(C)c(C)c(N2CC[C@@H](Nc3ccnc4cc(F)cnc34)C2)n1. The fraction of sp³-hybridized carbons (Fsp3) is 0.350. The van der Waals surface area contributed by atoms with Crippen LogP contribution < -0.4 is 15.5 Å². The third-order valence-corrected chi connectivity index (χ3v) is 5.19. The first-order valence-electron chi connectivity index (χ1n) is 9.45. The van der Waals surface area contributed by atoms with Gasteiger partial charge in [-0.15, -0.1) is 0 Å². The van der Waals surface area contributed by atoms with E-state index >= 15 is 0 Å². The van der Waals surface area contributed by atoms with E-state index in [0.29, 0.717) is 11.0 Å². The second-order valence-electron chi connectivity index (χ2n) is 7.12. The van der Waals surface area contributed by atoms with E-state index < -0.39 is 5.82 Å². The van der Waals surface area contributed by atoms with Crippen molar-refractivity contribution >= 4 is 28.4 Å². The summed E-state index contributed by atoms with van der Waals surface area (Å²) in [6, 6.07) is 3.38. The smallest absolute Gasteiger partial charge is 0.288 e. The predicted molar refractivity (Wildman–Crippen MR) is 109 cm³/mol. The maximum Gasteiger partial charge on any atom is 0.288 e. The van der Waals surface area contributed by atoms with Crippen LogP contribution in [0.15, 0.2) is 24.5 Å². The number of fused-ring (bicyclic) bond motifs is 1. The number of halogens is 1. The number of nitrogens with one attached hydrogen (secondary N) is 2. The van der Waals surface area contributed by atoms with Crippen LogP contribution in [0, 0.1) is 19.7 Å². The van der Waals surface area contributed by atoms with E-state index in [4.69, 9.17) is 0 Å². The molecule has 3 aromatic heterocycles. The summed E-state index contributed by atoms with van der Waals surface area (Å²) < 4.78 is 13.4. The molecular weight excluding hydrogens is 373 g/mol. The van der Waals surface area contributed by atoms with E-state index in [0.717, 1.165) is 42.3 Å². The van der Waals surface area contributed by atoms with E-state index in [1.54, 1.807) is 13.2 Å². The highest BCUT2D eigenvalue weighted by molar-refractivity contribution is 5.90. The van der Waals surface area contributed by atoms with Gasteiger partial charge in [0.1, 0.15) is 17.2 Å². The minimum absolute atomic E-state index is 0.158. The minimum Gasteiger partial charge on any atom is -0.379 e. The molecule has 0 saturated carbocycles. The molecule has 3 aromatic rings. The van der Waals surface area contributed by atoms with Crippen LogP contribution >= 0.6 is 0 Å². The molecule has 0 unspecified atom stereocenters. The van der Waals surface area contributed by atoms with Gasteiger partial charge in [0.15, 0.2) is 0 Å². The van der Waals surface area contributed by atoms with E-state index in [1.165, 1.54) is 12.3 Å². The Kier molecular flexibility index (Phi) is 4.96. The van der Waals surface area contributed by atoms with Crippen molar-refractivity contribution in [2.45, 2.75) is 26.3 Å².